The van der Waals surface area contributed by atoms with Crippen LogP contribution in [0.1, 0.15) is 23.7 Å². The van der Waals surface area contributed by atoms with Crippen molar-refractivity contribution < 1.29 is 13.2 Å². The van der Waals surface area contributed by atoms with Gasteiger partial charge in [0.25, 0.3) is 5.56 Å². The number of anilines is 1. The maximum Gasteiger partial charge on any atom is 0.329 e. The van der Waals surface area contributed by atoms with Crippen molar-refractivity contribution in [2.45, 2.75) is 29.8 Å². The molecule has 3 N–H and O–H groups in total. The first-order valence-electron chi connectivity index (χ1n) is 10.1. The minimum absolute atomic E-state index is 0.0880. The van der Waals surface area contributed by atoms with Crippen molar-refractivity contribution >= 4 is 33.4 Å². The summed E-state index contributed by atoms with van der Waals surface area (Å²) in [6.07, 6.45) is 1.87. The number of hydrogen-bond acceptors (Lipinski definition) is 9. The molecule has 2 aromatic rings. The number of nitrogen functional groups attached to an aromatic ring is 1. The summed E-state index contributed by atoms with van der Waals surface area (Å²) in [5, 5.41) is 0.424. The van der Waals surface area contributed by atoms with E-state index in [4.69, 9.17) is 5.73 Å². The molecule has 0 saturated carbocycles. The van der Waals surface area contributed by atoms with E-state index in [9.17, 15) is 22.8 Å². The Morgan fingerprint density at radius 2 is 1.91 bits per heavy atom. The van der Waals surface area contributed by atoms with Gasteiger partial charge in [-0.05, 0) is 25.6 Å². The summed E-state index contributed by atoms with van der Waals surface area (Å²) >= 11 is 1.05. The Balaban J connectivity index is 1.71. The van der Waals surface area contributed by atoms with Crippen LogP contribution in [-0.2, 0) is 16.6 Å². The number of piperazine rings is 1. The first-order valence-corrected chi connectivity index (χ1v) is 12.5. The summed E-state index contributed by atoms with van der Waals surface area (Å²) in [7, 11) is -1.69. The summed E-state index contributed by atoms with van der Waals surface area (Å²) in [4.78, 5) is 45.1. The van der Waals surface area contributed by atoms with Crippen molar-refractivity contribution in [3.05, 3.63) is 44.7 Å². The van der Waals surface area contributed by atoms with E-state index in [2.05, 4.69) is 14.9 Å². The second-order valence-electron chi connectivity index (χ2n) is 7.42. The van der Waals surface area contributed by atoms with Crippen molar-refractivity contribution in [3.8, 4) is 0 Å². The maximum atomic E-state index is 12.8. The van der Waals surface area contributed by atoms with E-state index < -0.39 is 27.1 Å². The first-order chi connectivity index (χ1) is 15.1. The van der Waals surface area contributed by atoms with Gasteiger partial charge < -0.3 is 10.6 Å². The lowest BCUT2D eigenvalue weighted by molar-refractivity contribution is 0.102. The van der Waals surface area contributed by atoms with Gasteiger partial charge in [-0.15, -0.1) is 0 Å². The van der Waals surface area contributed by atoms with Gasteiger partial charge in [-0.1, -0.05) is 18.7 Å². The number of nitrogens with zero attached hydrogens (tertiary/aromatic N) is 4. The Bertz CT molecular complexity index is 1200. The number of nitrogens with two attached hydrogens (primary N) is 1. The van der Waals surface area contributed by atoms with Crippen LogP contribution in [0.3, 0.4) is 0 Å². The molecule has 174 valence electrons. The smallest absolute Gasteiger partial charge is 0.329 e. The number of pyridine rings is 1. The normalized spacial score (nSPS) is 15.7. The zero-order chi connectivity index (χ0) is 23.5. The molecule has 0 amide bonds. The highest BCUT2D eigenvalue weighted by Crippen LogP contribution is 2.21. The van der Waals surface area contributed by atoms with E-state index in [1.54, 1.807) is 0 Å². The summed E-state index contributed by atoms with van der Waals surface area (Å²) < 4.78 is 28.1. The zero-order valence-corrected chi connectivity index (χ0v) is 19.5. The largest absolute Gasteiger partial charge is 0.384 e. The van der Waals surface area contributed by atoms with Crippen LogP contribution in [-0.4, -0.2) is 76.9 Å². The van der Waals surface area contributed by atoms with Crippen molar-refractivity contribution in [2.75, 3.05) is 44.7 Å². The van der Waals surface area contributed by atoms with Gasteiger partial charge in [0.1, 0.15) is 16.3 Å². The molecule has 0 bridgehead atoms. The third-order valence-corrected chi connectivity index (χ3v) is 7.95. The molecule has 11 nitrogen and oxygen atoms in total. The first kappa shape index (κ1) is 24.2. The Hall–Kier alpha value is -2.48. The molecular formula is C19H26N6O5S2. The minimum atomic E-state index is -3.63. The number of aromatic amines is 1. The number of rotatable bonds is 8. The fourth-order valence-electron chi connectivity index (χ4n) is 3.30. The molecule has 13 heteroatoms. The number of aromatic nitrogens is 3. The Morgan fingerprint density at radius 3 is 2.50 bits per heavy atom. The molecule has 0 atom stereocenters. The maximum absolute atomic E-state index is 12.8. The molecule has 0 aromatic carbocycles. The second-order valence-corrected chi connectivity index (χ2v) is 10.4. The third-order valence-electron chi connectivity index (χ3n) is 5.13. The standard InChI is InChI=1S/C19H26N6O5S2/c1-3-6-25-17(20)16(18(27)22-19(25)28)14(26)12-31-15-5-4-13(11-21-15)32(29,30)24-9-7-23(2)8-10-24/h4-5,11H,3,6-10,12,20H2,1-2H3,(H,22,27,28). The van der Waals surface area contributed by atoms with Gasteiger partial charge in [-0.2, -0.15) is 4.31 Å². The van der Waals surface area contributed by atoms with Gasteiger partial charge >= 0.3 is 5.69 Å². The monoisotopic (exact) mass is 482 g/mol. The molecule has 3 heterocycles. The fraction of sp³-hybridized carbons (Fsp3) is 0.474. The number of sulfonamides is 1. The van der Waals surface area contributed by atoms with E-state index in [1.807, 2.05) is 14.0 Å². The molecule has 0 aliphatic carbocycles. The summed E-state index contributed by atoms with van der Waals surface area (Å²) in [5.74, 6) is -0.850. The van der Waals surface area contributed by atoms with Crippen LogP contribution in [0.2, 0.25) is 0 Å². The molecule has 0 spiro atoms. The molecule has 32 heavy (non-hydrogen) atoms. The van der Waals surface area contributed by atoms with Crippen molar-refractivity contribution in [3.63, 3.8) is 0 Å². The highest BCUT2D eigenvalue weighted by Gasteiger charge is 2.27. The van der Waals surface area contributed by atoms with E-state index in [0.717, 1.165) is 16.3 Å². The molecule has 1 aliphatic heterocycles. The molecule has 3 rings (SSSR count). The predicted octanol–water partition coefficient (Wildman–Crippen LogP) is -0.165. The third kappa shape index (κ3) is 5.11. The quantitative estimate of drug-likeness (QED) is 0.386. The number of likely N-dealkylation sites (N-methyl/N-ethyl adjacent to an activating group) is 1. The zero-order valence-electron chi connectivity index (χ0n) is 17.9. The lowest BCUT2D eigenvalue weighted by Crippen LogP contribution is -2.47. The number of thioether (sulfide) groups is 1. The van der Waals surface area contributed by atoms with Crippen LogP contribution in [0.25, 0.3) is 0 Å². The van der Waals surface area contributed by atoms with Gasteiger partial charge in [0, 0.05) is 38.9 Å². The number of carbonyl (C=O) groups excluding carboxylic acids is 1. The van der Waals surface area contributed by atoms with Crippen LogP contribution in [0.4, 0.5) is 5.82 Å². The molecule has 0 unspecified atom stereocenters. The number of nitrogens with one attached hydrogen (secondary N) is 1. The van der Waals surface area contributed by atoms with Crippen molar-refractivity contribution in [1.82, 2.24) is 23.7 Å². The summed E-state index contributed by atoms with van der Waals surface area (Å²) in [6, 6.07) is 2.97. The Labute approximate surface area is 189 Å². The van der Waals surface area contributed by atoms with Crippen LogP contribution < -0.4 is 17.0 Å². The second kappa shape index (κ2) is 9.98. The molecule has 2 aromatic heterocycles. The highest BCUT2D eigenvalue weighted by atomic mass is 32.2. The minimum Gasteiger partial charge on any atom is -0.384 e. The van der Waals surface area contributed by atoms with Crippen LogP contribution in [0.15, 0.2) is 37.8 Å². The number of hydrogen-bond donors (Lipinski definition) is 2. The van der Waals surface area contributed by atoms with Gasteiger partial charge in [-0.3, -0.25) is 19.1 Å². The van der Waals surface area contributed by atoms with E-state index >= 15 is 0 Å². The molecule has 0 radical (unpaired) electrons. The van der Waals surface area contributed by atoms with Gasteiger partial charge in [0.05, 0.1) is 10.8 Å². The fourth-order valence-corrected chi connectivity index (χ4v) is 5.38. The Kier molecular flexibility index (Phi) is 7.54. The van der Waals surface area contributed by atoms with Crippen molar-refractivity contribution in [1.29, 1.82) is 0 Å². The predicted molar refractivity (Wildman–Crippen MR) is 122 cm³/mol. The topological polar surface area (TPSA) is 151 Å². The number of carbonyl (C=O) groups is 1. The van der Waals surface area contributed by atoms with Crippen LogP contribution >= 0.6 is 11.8 Å². The van der Waals surface area contributed by atoms with Gasteiger partial charge in [0.2, 0.25) is 10.0 Å². The average Bonchev–Trinajstić information content (AvgIpc) is 2.75. The highest BCUT2D eigenvalue weighted by molar-refractivity contribution is 7.99. The average molecular weight is 483 g/mol. The van der Waals surface area contributed by atoms with Crippen molar-refractivity contribution in [2.24, 2.45) is 0 Å². The molecular weight excluding hydrogens is 456 g/mol. The van der Waals surface area contributed by atoms with E-state index in [1.165, 1.54) is 22.6 Å². The van der Waals surface area contributed by atoms with Crippen LogP contribution in [0.5, 0.6) is 0 Å². The number of Topliss-reactive ketones (excluding diaryl/α,β-unsaturated/α-hetero) is 1. The lowest BCUT2D eigenvalue weighted by Gasteiger charge is -2.31. The van der Waals surface area contributed by atoms with Gasteiger partial charge in [-0.25, -0.2) is 18.2 Å². The molecule has 1 aliphatic rings. The van der Waals surface area contributed by atoms with E-state index in [0.29, 0.717) is 37.6 Å². The SMILES string of the molecule is CCCn1c(N)c(C(=O)CSc2ccc(S(=O)(=O)N3CCN(C)CC3)cn2)c(=O)[nH]c1=O. The Morgan fingerprint density at radius 1 is 1.22 bits per heavy atom. The number of ketones is 1. The van der Waals surface area contributed by atoms with E-state index in [-0.39, 0.29) is 28.6 Å². The lowest BCUT2D eigenvalue weighted by atomic mass is 10.2. The van der Waals surface area contributed by atoms with Crippen LogP contribution in [0, 0.1) is 0 Å². The summed E-state index contributed by atoms with van der Waals surface area (Å²) in [6.45, 7) is 4.28. The number of H-pyrrole nitrogens is 1. The molecule has 1 saturated heterocycles. The molecule has 1 fully saturated rings. The van der Waals surface area contributed by atoms with Gasteiger partial charge in [0.15, 0.2) is 5.78 Å². The summed E-state index contributed by atoms with van der Waals surface area (Å²) in [5.41, 5.74) is 4.16.